The van der Waals surface area contributed by atoms with E-state index in [9.17, 15) is 4.79 Å². The van der Waals surface area contributed by atoms with Crippen molar-refractivity contribution in [3.05, 3.63) is 63.1 Å². The molecule has 0 radical (unpaired) electrons. The molecule has 19 heavy (non-hydrogen) atoms. The van der Waals surface area contributed by atoms with Crippen LogP contribution < -0.4 is 0 Å². The minimum atomic E-state index is -0.913. The lowest BCUT2D eigenvalue weighted by molar-refractivity contribution is 0.0696. The summed E-state index contributed by atoms with van der Waals surface area (Å²) in [6, 6.07) is 12.6. The van der Waals surface area contributed by atoms with Crippen LogP contribution in [0.3, 0.4) is 0 Å². The monoisotopic (exact) mass is 356 g/mol. The van der Waals surface area contributed by atoms with Crippen molar-refractivity contribution in [3.63, 3.8) is 0 Å². The molecular formula is C14H10BrClO2S. The van der Waals surface area contributed by atoms with Gasteiger partial charge in [-0.1, -0.05) is 39.7 Å². The highest BCUT2D eigenvalue weighted by atomic mass is 79.9. The molecule has 0 aliphatic heterocycles. The molecule has 0 atom stereocenters. The molecule has 98 valence electrons. The first kappa shape index (κ1) is 14.4. The second kappa shape index (κ2) is 6.46. The Labute approximate surface area is 128 Å². The molecule has 0 aliphatic carbocycles. The molecule has 0 saturated heterocycles. The van der Waals surface area contributed by atoms with Crippen molar-refractivity contribution in [2.75, 3.05) is 0 Å². The molecule has 0 aromatic heterocycles. The van der Waals surface area contributed by atoms with Gasteiger partial charge in [0.1, 0.15) is 0 Å². The number of hydrogen-bond donors (Lipinski definition) is 1. The third-order valence-corrected chi connectivity index (χ3v) is 4.38. The Morgan fingerprint density at radius 2 is 2.05 bits per heavy atom. The summed E-state index contributed by atoms with van der Waals surface area (Å²) in [6.45, 7) is 0. The van der Waals surface area contributed by atoms with E-state index in [1.165, 1.54) is 0 Å². The van der Waals surface area contributed by atoms with Crippen LogP contribution in [0.2, 0.25) is 5.02 Å². The zero-order valence-electron chi connectivity index (χ0n) is 9.77. The van der Waals surface area contributed by atoms with Gasteiger partial charge in [-0.15, -0.1) is 11.8 Å². The second-order valence-electron chi connectivity index (χ2n) is 3.86. The van der Waals surface area contributed by atoms with Crippen LogP contribution in [0.5, 0.6) is 0 Å². The maximum Gasteiger partial charge on any atom is 0.335 e. The summed E-state index contributed by atoms with van der Waals surface area (Å²) in [5.41, 5.74) is 1.32. The standard InChI is InChI=1S/C14H10BrClO2S/c15-11-5-4-10(13(16)7-11)8-19-12-3-1-2-9(6-12)14(17)18/h1-7H,8H2,(H,17,18). The summed E-state index contributed by atoms with van der Waals surface area (Å²) in [5.74, 6) is -0.209. The molecule has 1 N–H and O–H groups in total. The van der Waals surface area contributed by atoms with Crippen LogP contribution in [0.25, 0.3) is 0 Å². The summed E-state index contributed by atoms with van der Waals surface area (Å²) in [5, 5.41) is 9.64. The molecule has 0 spiro atoms. The molecule has 0 bridgehead atoms. The van der Waals surface area contributed by atoms with Gasteiger partial charge in [-0.05, 0) is 35.9 Å². The Morgan fingerprint density at radius 1 is 1.26 bits per heavy atom. The average Bonchev–Trinajstić information content (AvgIpc) is 2.38. The summed E-state index contributed by atoms with van der Waals surface area (Å²) in [4.78, 5) is 11.8. The van der Waals surface area contributed by atoms with Crippen LogP contribution in [0.15, 0.2) is 51.8 Å². The van der Waals surface area contributed by atoms with E-state index in [2.05, 4.69) is 15.9 Å². The molecule has 2 rings (SSSR count). The molecule has 5 heteroatoms. The number of thioether (sulfide) groups is 1. The zero-order chi connectivity index (χ0) is 13.8. The smallest absolute Gasteiger partial charge is 0.335 e. The molecule has 0 amide bonds. The Kier molecular flexibility index (Phi) is 4.91. The largest absolute Gasteiger partial charge is 0.478 e. The molecule has 0 saturated carbocycles. The van der Waals surface area contributed by atoms with Crippen LogP contribution in [-0.4, -0.2) is 11.1 Å². The SMILES string of the molecule is O=C(O)c1cccc(SCc2ccc(Br)cc2Cl)c1. The van der Waals surface area contributed by atoms with Gasteiger partial charge in [-0.2, -0.15) is 0 Å². The van der Waals surface area contributed by atoms with Crippen molar-refractivity contribution >= 4 is 45.3 Å². The van der Waals surface area contributed by atoms with Gasteiger partial charge in [-0.25, -0.2) is 4.79 Å². The first-order valence-corrected chi connectivity index (χ1v) is 7.62. The lowest BCUT2D eigenvalue weighted by atomic mass is 10.2. The predicted molar refractivity (Wildman–Crippen MR) is 82.1 cm³/mol. The fourth-order valence-electron chi connectivity index (χ4n) is 1.52. The lowest BCUT2D eigenvalue weighted by Crippen LogP contribution is -1.95. The molecule has 2 nitrogen and oxygen atoms in total. The number of carbonyl (C=O) groups is 1. The second-order valence-corrected chi connectivity index (χ2v) is 6.23. The third kappa shape index (κ3) is 4.00. The minimum Gasteiger partial charge on any atom is -0.478 e. The van der Waals surface area contributed by atoms with E-state index >= 15 is 0 Å². The van der Waals surface area contributed by atoms with E-state index in [1.54, 1.807) is 30.0 Å². The van der Waals surface area contributed by atoms with Gasteiger partial charge in [0.25, 0.3) is 0 Å². The van der Waals surface area contributed by atoms with Crippen LogP contribution in [-0.2, 0) is 5.75 Å². The lowest BCUT2D eigenvalue weighted by Gasteiger charge is -2.05. The van der Waals surface area contributed by atoms with Gasteiger partial charge < -0.3 is 5.11 Å². The van der Waals surface area contributed by atoms with E-state index in [0.29, 0.717) is 16.3 Å². The number of halogens is 2. The van der Waals surface area contributed by atoms with Gasteiger partial charge in [0, 0.05) is 20.1 Å². The summed E-state index contributed by atoms with van der Waals surface area (Å²) < 4.78 is 0.944. The first-order valence-electron chi connectivity index (χ1n) is 5.46. The molecule has 0 fully saturated rings. The zero-order valence-corrected chi connectivity index (χ0v) is 12.9. The molecule has 0 aliphatic rings. The van der Waals surface area contributed by atoms with Gasteiger partial charge >= 0.3 is 5.97 Å². The highest BCUT2D eigenvalue weighted by Gasteiger charge is 2.05. The number of aromatic carboxylic acids is 1. The van der Waals surface area contributed by atoms with E-state index in [4.69, 9.17) is 16.7 Å². The Bertz CT molecular complexity index is 616. The average molecular weight is 358 g/mol. The van der Waals surface area contributed by atoms with Crippen molar-refractivity contribution in [2.45, 2.75) is 10.6 Å². The predicted octanol–water partition coefficient (Wildman–Crippen LogP) is 5.09. The number of carboxylic acids is 1. The van der Waals surface area contributed by atoms with Crippen LogP contribution in [0, 0.1) is 0 Å². The normalized spacial score (nSPS) is 10.4. The fourth-order valence-corrected chi connectivity index (χ4v) is 3.30. The van der Waals surface area contributed by atoms with Crippen molar-refractivity contribution in [1.82, 2.24) is 0 Å². The topological polar surface area (TPSA) is 37.3 Å². The van der Waals surface area contributed by atoms with Gasteiger partial charge in [0.2, 0.25) is 0 Å². The van der Waals surface area contributed by atoms with Crippen LogP contribution >= 0.6 is 39.3 Å². The summed E-state index contributed by atoms with van der Waals surface area (Å²) >= 11 is 11.1. The van der Waals surface area contributed by atoms with Crippen LogP contribution in [0.4, 0.5) is 0 Å². The van der Waals surface area contributed by atoms with E-state index in [0.717, 1.165) is 14.9 Å². The van der Waals surface area contributed by atoms with E-state index < -0.39 is 5.97 Å². The number of carboxylic acid groups (broad SMARTS) is 1. The summed E-state index contributed by atoms with van der Waals surface area (Å²) in [7, 11) is 0. The van der Waals surface area contributed by atoms with Crippen molar-refractivity contribution in [1.29, 1.82) is 0 Å². The third-order valence-electron chi connectivity index (χ3n) is 2.49. The highest BCUT2D eigenvalue weighted by molar-refractivity contribution is 9.10. The fraction of sp³-hybridized carbons (Fsp3) is 0.0714. The molecule has 0 unspecified atom stereocenters. The van der Waals surface area contributed by atoms with Gasteiger partial charge in [0.15, 0.2) is 0 Å². The van der Waals surface area contributed by atoms with Gasteiger partial charge in [0.05, 0.1) is 5.56 Å². The molecule has 0 heterocycles. The minimum absolute atomic E-state index is 0.298. The van der Waals surface area contributed by atoms with Crippen molar-refractivity contribution in [2.24, 2.45) is 0 Å². The highest BCUT2D eigenvalue weighted by Crippen LogP contribution is 2.29. The molecule has 2 aromatic rings. The Morgan fingerprint density at radius 3 is 2.74 bits per heavy atom. The Balaban J connectivity index is 2.10. The van der Waals surface area contributed by atoms with Crippen molar-refractivity contribution < 1.29 is 9.90 Å². The number of benzene rings is 2. The van der Waals surface area contributed by atoms with E-state index in [1.807, 2.05) is 24.3 Å². The number of hydrogen-bond acceptors (Lipinski definition) is 2. The maximum absolute atomic E-state index is 10.9. The van der Waals surface area contributed by atoms with Crippen LogP contribution in [0.1, 0.15) is 15.9 Å². The molecular weight excluding hydrogens is 348 g/mol. The molecule has 2 aromatic carbocycles. The van der Waals surface area contributed by atoms with E-state index in [-0.39, 0.29) is 0 Å². The maximum atomic E-state index is 10.9. The first-order chi connectivity index (χ1) is 9.06. The summed E-state index contributed by atoms with van der Waals surface area (Å²) in [6.07, 6.45) is 0. The number of rotatable bonds is 4. The van der Waals surface area contributed by atoms with Gasteiger partial charge in [-0.3, -0.25) is 0 Å². The Hall–Kier alpha value is -0.970. The quantitative estimate of drug-likeness (QED) is 0.774. The van der Waals surface area contributed by atoms with Crippen molar-refractivity contribution in [3.8, 4) is 0 Å².